The summed E-state index contributed by atoms with van der Waals surface area (Å²) in [5, 5.41) is 0.581. The minimum atomic E-state index is -4.49. The SMILES string of the molecule is CCCc1c(C(F)(F)F)n(Oc2ccccc2)c2ccccc12. The van der Waals surface area contributed by atoms with Gasteiger partial charge in [0.2, 0.25) is 0 Å². The van der Waals surface area contributed by atoms with Crippen molar-refractivity contribution in [3.8, 4) is 5.75 Å². The number of rotatable bonds is 4. The van der Waals surface area contributed by atoms with E-state index in [-0.39, 0.29) is 5.56 Å². The van der Waals surface area contributed by atoms with Crippen LogP contribution < -0.4 is 4.84 Å². The molecule has 0 fully saturated rings. The van der Waals surface area contributed by atoms with Crippen LogP contribution in [0.2, 0.25) is 0 Å². The van der Waals surface area contributed by atoms with Gasteiger partial charge < -0.3 is 4.84 Å². The third-order valence-corrected chi connectivity index (χ3v) is 3.65. The fraction of sp³-hybridized carbons (Fsp3) is 0.222. The summed E-state index contributed by atoms with van der Waals surface area (Å²) in [7, 11) is 0. The van der Waals surface area contributed by atoms with Gasteiger partial charge in [0, 0.05) is 5.39 Å². The standard InChI is InChI=1S/C18H16F3NO/c1-2-8-15-14-11-6-7-12-16(14)22(17(15)18(19,20)21)23-13-9-4-3-5-10-13/h3-7,9-12H,2,8H2,1H3. The Kier molecular flexibility index (Phi) is 4.03. The van der Waals surface area contributed by atoms with Crippen molar-refractivity contribution >= 4 is 10.9 Å². The van der Waals surface area contributed by atoms with Gasteiger partial charge in [0.05, 0.1) is 5.52 Å². The molecule has 3 aromatic rings. The molecule has 1 aromatic heterocycles. The molecule has 23 heavy (non-hydrogen) atoms. The first-order valence-electron chi connectivity index (χ1n) is 7.45. The summed E-state index contributed by atoms with van der Waals surface area (Å²) in [6.45, 7) is 1.87. The molecule has 0 N–H and O–H groups in total. The van der Waals surface area contributed by atoms with Crippen LogP contribution in [-0.2, 0) is 12.6 Å². The molecule has 0 unspecified atom stereocenters. The molecular weight excluding hydrogens is 303 g/mol. The van der Waals surface area contributed by atoms with Crippen molar-refractivity contribution in [1.82, 2.24) is 4.73 Å². The van der Waals surface area contributed by atoms with Gasteiger partial charge in [0.25, 0.3) is 0 Å². The Labute approximate surface area is 132 Å². The molecule has 120 valence electrons. The summed E-state index contributed by atoms with van der Waals surface area (Å²) < 4.78 is 41.9. The van der Waals surface area contributed by atoms with Crippen molar-refractivity contribution in [3.63, 3.8) is 0 Å². The number of hydrogen-bond donors (Lipinski definition) is 0. The van der Waals surface area contributed by atoms with E-state index in [9.17, 15) is 13.2 Å². The highest BCUT2D eigenvalue weighted by molar-refractivity contribution is 5.85. The zero-order valence-corrected chi connectivity index (χ0v) is 12.6. The van der Waals surface area contributed by atoms with Gasteiger partial charge >= 0.3 is 6.18 Å². The molecule has 0 aliphatic carbocycles. The number of alkyl halides is 3. The number of hydrogen-bond acceptors (Lipinski definition) is 1. The van der Waals surface area contributed by atoms with Crippen LogP contribution in [0.1, 0.15) is 24.6 Å². The summed E-state index contributed by atoms with van der Waals surface area (Å²) in [5.41, 5.74) is -0.0249. The summed E-state index contributed by atoms with van der Waals surface area (Å²) >= 11 is 0. The van der Waals surface area contributed by atoms with Gasteiger partial charge in [0.15, 0.2) is 11.4 Å². The highest BCUT2D eigenvalue weighted by Gasteiger charge is 2.40. The number of halogens is 3. The van der Waals surface area contributed by atoms with E-state index < -0.39 is 11.9 Å². The molecule has 0 bridgehead atoms. The third-order valence-electron chi connectivity index (χ3n) is 3.65. The summed E-state index contributed by atoms with van der Waals surface area (Å²) in [6.07, 6.45) is -3.51. The Morgan fingerprint density at radius 3 is 2.26 bits per heavy atom. The first-order chi connectivity index (χ1) is 11.0. The fourth-order valence-electron chi connectivity index (χ4n) is 2.75. The normalized spacial score (nSPS) is 11.8. The van der Waals surface area contributed by atoms with Crippen LogP contribution in [0.3, 0.4) is 0 Å². The first kappa shape index (κ1) is 15.5. The van der Waals surface area contributed by atoms with Gasteiger partial charge in [-0.15, -0.1) is 0 Å². The largest absolute Gasteiger partial charge is 0.435 e. The van der Waals surface area contributed by atoms with Gasteiger partial charge in [0.1, 0.15) is 0 Å². The van der Waals surface area contributed by atoms with E-state index in [1.165, 1.54) is 0 Å². The van der Waals surface area contributed by atoms with Crippen molar-refractivity contribution in [2.24, 2.45) is 0 Å². The Bertz CT molecular complexity index is 806. The highest BCUT2D eigenvalue weighted by atomic mass is 19.4. The van der Waals surface area contributed by atoms with Crippen molar-refractivity contribution in [1.29, 1.82) is 0 Å². The second kappa shape index (κ2) is 5.99. The van der Waals surface area contributed by atoms with Crippen LogP contribution in [0.15, 0.2) is 54.6 Å². The van der Waals surface area contributed by atoms with Crippen molar-refractivity contribution in [2.45, 2.75) is 25.9 Å². The molecule has 1 heterocycles. The molecule has 0 amide bonds. The minimum absolute atomic E-state index is 0.284. The summed E-state index contributed by atoms with van der Waals surface area (Å²) in [4.78, 5) is 5.57. The van der Waals surface area contributed by atoms with Crippen LogP contribution in [0.4, 0.5) is 13.2 Å². The summed E-state index contributed by atoms with van der Waals surface area (Å²) in [5.74, 6) is 0.363. The molecule has 0 atom stereocenters. The topological polar surface area (TPSA) is 14.2 Å². The monoisotopic (exact) mass is 319 g/mol. The number of nitrogens with zero attached hydrogens (tertiary/aromatic N) is 1. The third kappa shape index (κ3) is 2.91. The van der Waals surface area contributed by atoms with Crippen molar-refractivity contribution in [2.75, 3.05) is 0 Å². The molecule has 2 nitrogen and oxygen atoms in total. The van der Waals surface area contributed by atoms with Crippen molar-refractivity contribution < 1.29 is 18.0 Å². The van der Waals surface area contributed by atoms with Crippen LogP contribution in [-0.4, -0.2) is 4.73 Å². The minimum Gasteiger partial charge on any atom is -0.375 e. The van der Waals surface area contributed by atoms with Crippen LogP contribution >= 0.6 is 0 Å². The lowest BCUT2D eigenvalue weighted by Gasteiger charge is -2.15. The average molecular weight is 319 g/mol. The van der Waals surface area contributed by atoms with Gasteiger partial charge in [-0.2, -0.15) is 17.9 Å². The molecule has 2 aromatic carbocycles. The molecule has 0 aliphatic heterocycles. The molecule has 0 spiro atoms. The predicted octanol–water partition coefficient (Wildman–Crippen LogP) is 5.45. The molecular formula is C18H16F3NO. The maximum absolute atomic E-state index is 13.7. The zero-order valence-electron chi connectivity index (χ0n) is 12.6. The molecule has 0 saturated heterocycles. The second-order valence-electron chi connectivity index (χ2n) is 5.29. The molecule has 0 aliphatic rings. The van der Waals surface area contributed by atoms with Crippen LogP contribution in [0.5, 0.6) is 5.75 Å². The van der Waals surface area contributed by atoms with Gasteiger partial charge in [-0.25, -0.2) is 0 Å². The number of aromatic nitrogens is 1. The zero-order chi connectivity index (χ0) is 16.4. The lowest BCUT2D eigenvalue weighted by Crippen LogP contribution is -2.19. The summed E-state index contributed by atoms with van der Waals surface area (Å²) in [6, 6.07) is 15.3. The Morgan fingerprint density at radius 2 is 1.61 bits per heavy atom. The average Bonchev–Trinajstić information content (AvgIpc) is 2.83. The van der Waals surface area contributed by atoms with Crippen molar-refractivity contribution in [3.05, 3.63) is 65.9 Å². The predicted molar refractivity (Wildman–Crippen MR) is 83.4 cm³/mol. The molecule has 5 heteroatoms. The van der Waals surface area contributed by atoms with E-state index in [0.29, 0.717) is 29.5 Å². The van der Waals surface area contributed by atoms with Gasteiger partial charge in [-0.3, -0.25) is 0 Å². The number of fused-ring (bicyclic) bond motifs is 1. The molecule has 0 saturated carbocycles. The van der Waals surface area contributed by atoms with Gasteiger partial charge in [-0.1, -0.05) is 49.7 Å². The van der Waals surface area contributed by atoms with E-state index >= 15 is 0 Å². The lowest BCUT2D eigenvalue weighted by atomic mass is 10.1. The van der Waals surface area contributed by atoms with E-state index in [1.807, 2.05) is 6.92 Å². The highest BCUT2D eigenvalue weighted by Crippen LogP contribution is 2.39. The Morgan fingerprint density at radius 1 is 0.957 bits per heavy atom. The first-order valence-corrected chi connectivity index (χ1v) is 7.45. The molecule has 0 radical (unpaired) electrons. The number of benzene rings is 2. The van der Waals surface area contributed by atoms with E-state index in [4.69, 9.17) is 4.84 Å². The van der Waals surface area contributed by atoms with Gasteiger partial charge in [-0.05, 0) is 30.2 Å². The quantitative estimate of drug-likeness (QED) is 0.623. The Hall–Kier alpha value is -2.43. The maximum atomic E-state index is 13.7. The Balaban J connectivity index is 2.25. The van der Waals surface area contributed by atoms with Crippen LogP contribution in [0.25, 0.3) is 10.9 Å². The van der Waals surface area contributed by atoms with E-state index in [1.54, 1.807) is 54.6 Å². The smallest absolute Gasteiger partial charge is 0.375 e. The fourth-order valence-corrected chi connectivity index (χ4v) is 2.75. The maximum Gasteiger partial charge on any atom is 0.435 e. The second-order valence-corrected chi connectivity index (χ2v) is 5.29. The lowest BCUT2D eigenvalue weighted by molar-refractivity contribution is -0.149. The molecule has 3 rings (SSSR count). The van der Waals surface area contributed by atoms with Crippen LogP contribution in [0, 0.1) is 0 Å². The number of aryl methyl sites for hydroxylation is 1. The van der Waals surface area contributed by atoms with E-state index in [0.717, 1.165) is 4.73 Å². The number of para-hydroxylation sites is 2. The van der Waals surface area contributed by atoms with E-state index in [2.05, 4.69) is 0 Å².